The van der Waals surface area contributed by atoms with Crippen LogP contribution in [-0.2, 0) is 11.8 Å². The Bertz CT molecular complexity index is 326. The van der Waals surface area contributed by atoms with Crippen LogP contribution in [0.1, 0.15) is 31.5 Å². The van der Waals surface area contributed by atoms with Crippen molar-refractivity contribution in [2.75, 3.05) is 0 Å². The zero-order chi connectivity index (χ0) is 10.8. The molecule has 15 heavy (non-hydrogen) atoms. The van der Waals surface area contributed by atoms with Crippen LogP contribution in [0.25, 0.3) is 0 Å². The quantitative estimate of drug-likeness (QED) is 0.538. The van der Waals surface area contributed by atoms with Crippen LogP contribution in [0, 0.1) is 0 Å². The Morgan fingerprint density at radius 2 is 2.47 bits per heavy atom. The summed E-state index contributed by atoms with van der Waals surface area (Å²) >= 11 is 0. The highest BCUT2D eigenvalue weighted by molar-refractivity contribution is 5.05. The molecule has 0 aromatic carbocycles. The van der Waals surface area contributed by atoms with Crippen molar-refractivity contribution in [2.24, 2.45) is 12.9 Å². The summed E-state index contributed by atoms with van der Waals surface area (Å²) < 4.78 is 7.50. The zero-order valence-corrected chi connectivity index (χ0v) is 9.05. The molecule has 0 radical (unpaired) electrons. The fraction of sp³-hybridized carbons (Fsp3) is 0.778. The number of aromatic nitrogens is 3. The van der Waals surface area contributed by atoms with Gasteiger partial charge in [0.15, 0.2) is 0 Å². The molecule has 3 N–H and O–H groups in total. The van der Waals surface area contributed by atoms with Crippen molar-refractivity contribution >= 4 is 0 Å². The third-order valence-electron chi connectivity index (χ3n) is 2.88. The molecule has 1 aliphatic heterocycles. The van der Waals surface area contributed by atoms with Gasteiger partial charge >= 0.3 is 0 Å². The first kappa shape index (κ1) is 10.5. The lowest BCUT2D eigenvalue weighted by molar-refractivity contribution is 0.0298. The first-order valence-corrected chi connectivity index (χ1v) is 5.18. The Morgan fingerprint density at radius 1 is 1.67 bits per heavy atom. The smallest absolute Gasteiger partial charge is 0.0906 e. The van der Waals surface area contributed by atoms with Gasteiger partial charge in [0.1, 0.15) is 0 Å². The fourth-order valence-corrected chi connectivity index (χ4v) is 2.04. The van der Waals surface area contributed by atoms with Crippen LogP contribution < -0.4 is 11.3 Å². The molecule has 6 nitrogen and oxygen atoms in total. The van der Waals surface area contributed by atoms with Crippen molar-refractivity contribution in [2.45, 2.75) is 38.0 Å². The summed E-state index contributed by atoms with van der Waals surface area (Å²) in [4.78, 5) is 0. The summed E-state index contributed by atoms with van der Waals surface area (Å²) in [6.45, 7) is 2.08. The SMILES string of the molecule is CC1CCC(C(NN)c2cnnn2C)O1. The summed E-state index contributed by atoms with van der Waals surface area (Å²) in [5, 5.41) is 7.73. The van der Waals surface area contributed by atoms with Gasteiger partial charge in [0, 0.05) is 7.05 Å². The summed E-state index contributed by atoms with van der Waals surface area (Å²) in [7, 11) is 1.85. The highest BCUT2D eigenvalue weighted by Crippen LogP contribution is 2.28. The number of rotatable bonds is 3. The van der Waals surface area contributed by atoms with Gasteiger partial charge in [-0.05, 0) is 19.8 Å². The predicted octanol–water partition coefficient (Wildman–Crippen LogP) is -0.113. The van der Waals surface area contributed by atoms with Gasteiger partial charge in [0.25, 0.3) is 0 Å². The van der Waals surface area contributed by atoms with Crippen molar-refractivity contribution in [3.63, 3.8) is 0 Å². The van der Waals surface area contributed by atoms with E-state index in [1.807, 2.05) is 7.05 Å². The number of nitrogens with zero attached hydrogens (tertiary/aromatic N) is 3. The van der Waals surface area contributed by atoms with Crippen LogP contribution in [-0.4, -0.2) is 27.2 Å². The monoisotopic (exact) mass is 211 g/mol. The van der Waals surface area contributed by atoms with Gasteiger partial charge in [0.05, 0.1) is 30.1 Å². The van der Waals surface area contributed by atoms with E-state index >= 15 is 0 Å². The highest BCUT2D eigenvalue weighted by atomic mass is 16.5. The molecule has 6 heteroatoms. The molecule has 3 atom stereocenters. The molecule has 0 bridgehead atoms. The molecular formula is C9H17N5O. The molecule has 2 rings (SSSR count). The lowest BCUT2D eigenvalue weighted by atomic mass is 10.1. The van der Waals surface area contributed by atoms with E-state index in [4.69, 9.17) is 10.6 Å². The highest BCUT2D eigenvalue weighted by Gasteiger charge is 2.31. The van der Waals surface area contributed by atoms with Gasteiger partial charge in [-0.1, -0.05) is 5.21 Å². The molecule has 1 saturated heterocycles. The van der Waals surface area contributed by atoms with E-state index in [1.54, 1.807) is 10.9 Å². The normalized spacial score (nSPS) is 28.2. The lowest BCUT2D eigenvalue weighted by Crippen LogP contribution is -2.37. The van der Waals surface area contributed by atoms with Crippen molar-refractivity contribution in [1.29, 1.82) is 0 Å². The fourth-order valence-electron chi connectivity index (χ4n) is 2.04. The van der Waals surface area contributed by atoms with Gasteiger partial charge in [0.2, 0.25) is 0 Å². The second-order valence-electron chi connectivity index (χ2n) is 3.99. The number of nitrogens with two attached hydrogens (primary N) is 1. The van der Waals surface area contributed by atoms with Gasteiger partial charge in [-0.2, -0.15) is 0 Å². The number of hydrazine groups is 1. The minimum absolute atomic E-state index is 0.0325. The van der Waals surface area contributed by atoms with Crippen molar-refractivity contribution in [1.82, 2.24) is 20.4 Å². The molecule has 2 heterocycles. The Hall–Kier alpha value is -0.980. The molecule has 1 fully saturated rings. The van der Waals surface area contributed by atoms with E-state index in [0.29, 0.717) is 6.10 Å². The van der Waals surface area contributed by atoms with Gasteiger partial charge in [-0.3, -0.25) is 10.5 Å². The van der Waals surface area contributed by atoms with Gasteiger partial charge in [-0.15, -0.1) is 5.10 Å². The van der Waals surface area contributed by atoms with Crippen LogP contribution >= 0.6 is 0 Å². The first-order valence-electron chi connectivity index (χ1n) is 5.18. The van der Waals surface area contributed by atoms with Crippen molar-refractivity contribution in [3.8, 4) is 0 Å². The zero-order valence-electron chi connectivity index (χ0n) is 9.05. The maximum absolute atomic E-state index is 5.78. The van der Waals surface area contributed by atoms with E-state index < -0.39 is 0 Å². The number of hydrogen-bond acceptors (Lipinski definition) is 5. The predicted molar refractivity (Wildman–Crippen MR) is 54.6 cm³/mol. The number of nitrogens with one attached hydrogen (secondary N) is 1. The third-order valence-corrected chi connectivity index (χ3v) is 2.88. The maximum Gasteiger partial charge on any atom is 0.0906 e. The molecule has 1 aliphatic rings. The number of aryl methyl sites for hydroxylation is 1. The van der Waals surface area contributed by atoms with E-state index in [-0.39, 0.29) is 12.1 Å². The standard InChI is InChI=1S/C9H17N5O/c1-6-3-4-8(15-6)9(12-10)7-5-11-13-14(7)2/h5-6,8-9,12H,3-4,10H2,1-2H3. The van der Waals surface area contributed by atoms with Crippen LogP contribution in [0.4, 0.5) is 0 Å². The summed E-state index contributed by atoms with van der Waals surface area (Å²) in [6.07, 6.45) is 4.24. The lowest BCUT2D eigenvalue weighted by Gasteiger charge is -2.22. The first-order chi connectivity index (χ1) is 7.22. The van der Waals surface area contributed by atoms with Gasteiger partial charge < -0.3 is 4.74 Å². The minimum Gasteiger partial charge on any atom is -0.373 e. The van der Waals surface area contributed by atoms with Crippen LogP contribution in [0.2, 0.25) is 0 Å². The summed E-state index contributed by atoms with van der Waals surface area (Å²) in [5.41, 5.74) is 3.74. The molecule has 1 aromatic rings. The molecule has 84 valence electrons. The Morgan fingerprint density at radius 3 is 2.93 bits per heavy atom. The topological polar surface area (TPSA) is 78.0 Å². The molecule has 0 spiro atoms. The molecular weight excluding hydrogens is 194 g/mol. The Kier molecular flexibility index (Phi) is 2.99. The second-order valence-corrected chi connectivity index (χ2v) is 3.99. The minimum atomic E-state index is -0.0325. The molecule has 1 aromatic heterocycles. The van der Waals surface area contributed by atoms with Crippen molar-refractivity contribution in [3.05, 3.63) is 11.9 Å². The van der Waals surface area contributed by atoms with Crippen LogP contribution in [0.5, 0.6) is 0 Å². The molecule has 3 unspecified atom stereocenters. The summed E-state index contributed by atoms with van der Waals surface area (Å²) in [6, 6.07) is -0.0325. The van der Waals surface area contributed by atoms with Crippen LogP contribution in [0.3, 0.4) is 0 Å². The molecule has 0 aliphatic carbocycles. The number of ether oxygens (including phenoxy) is 1. The summed E-state index contributed by atoms with van der Waals surface area (Å²) in [5.74, 6) is 5.56. The second kappa shape index (κ2) is 4.26. The van der Waals surface area contributed by atoms with E-state index in [0.717, 1.165) is 18.5 Å². The van der Waals surface area contributed by atoms with E-state index in [2.05, 4.69) is 22.7 Å². The Balaban J connectivity index is 2.14. The Labute approximate surface area is 88.7 Å². The van der Waals surface area contributed by atoms with Gasteiger partial charge in [-0.25, -0.2) is 5.43 Å². The largest absolute Gasteiger partial charge is 0.373 e. The molecule has 0 saturated carbocycles. The average Bonchev–Trinajstić information content (AvgIpc) is 2.79. The van der Waals surface area contributed by atoms with Crippen LogP contribution in [0.15, 0.2) is 6.20 Å². The maximum atomic E-state index is 5.78. The molecule has 0 amide bonds. The number of hydrogen-bond donors (Lipinski definition) is 2. The van der Waals surface area contributed by atoms with E-state index in [9.17, 15) is 0 Å². The average molecular weight is 211 g/mol. The third kappa shape index (κ3) is 2.01. The van der Waals surface area contributed by atoms with Crippen molar-refractivity contribution < 1.29 is 4.74 Å². The van der Waals surface area contributed by atoms with E-state index in [1.165, 1.54) is 0 Å².